The van der Waals surface area contributed by atoms with Crippen LogP contribution in [0.25, 0.3) is 0 Å². The minimum absolute atomic E-state index is 0.0160. The van der Waals surface area contributed by atoms with Crippen LogP contribution in [0.3, 0.4) is 0 Å². The lowest BCUT2D eigenvalue weighted by Gasteiger charge is -2.13. The monoisotopic (exact) mass is 364 g/mol. The first-order chi connectivity index (χ1) is 12.2. The van der Waals surface area contributed by atoms with E-state index in [0.29, 0.717) is 6.42 Å². The molecule has 1 aromatic rings. The molecule has 1 aromatic carbocycles. The Morgan fingerprint density at radius 2 is 1.56 bits per heavy atom. The molecule has 0 aliphatic heterocycles. The average Bonchev–Trinajstić information content (AvgIpc) is 2.61. The van der Waals surface area contributed by atoms with Crippen LogP contribution in [-0.4, -0.2) is 17.8 Å². The summed E-state index contributed by atoms with van der Waals surface area (Å²) in [4.78, 5) is 13.1. The van der Waals surface area contributed by atoms with Gasteiger partial charge in [0.1, 0.15) is 0 Å². The topological polar surface area (TPSA) is 26.3 Å². The van der Waals surface area contributed by atoms with Crippen LogP contribution in [0.15, 0.2) is 35.2 Å². The number of hydrogen-bond donors (Lipinski definition) is 0. The van der Waals surface area contributed by atoms with Crippen molar-refractivity contribution < 1.29 is 9.53 Å². The van der Waals surface area contributed by atoms with Crippen molar-refractivity contribution in [3.63, 3.8) is 0 Å². The Hall–Kier alpha value is -0.960. The minimum atomic E-state index is -0.0276. The maximum atomic E-state index is 11.9. The van der Waals surface area contributed by atoms with Gasteiger partial charge in [-0.05, 0) is 31.9 Å². The van der Waals surface area contributed by atoms with Crippen LogP contribution in [0.2, 0.25) is 0 Å². The fourth-order valence-corrected chi connectivity index (χ4v) is 3.82. The van der Waals surface area contributed by atoms with E-state index in [2.05, 4.69) is 31.2 Å². The number of unbranched alkanes of at least 4 members (excludes halogenated alkanes) is 8. The van der Waals surface area contributed by atoms with Gasteiger partial charge in [-0.25, -0.2) is 0 Å². The molecule has 0 heterocycles. The molecule has 2 nitrogen and oxygen atoms in total. The molecule has 0 spiro atoms. The maximum absolute atomic E-state index is 11.9. The smallest absolute Gasteiger partial charge is 0.306 e. The van der Waals surface area contributed by atoms with Gasteiger partial charge in [-0.3, -0.25) is 4.79 Å². The molecule has 0 saturated heterocycles. The maximum Gasteiger partial charge on any atom is 0.306 e. The van der Waals surface area contributed by atoms with E-state index in [9.17, 15) is 4.79 Å². The largest absolute Gasteiger partial charge is 0.463 e. The number of carbonyl (C=O) groups excluding carboxylic acids is 1. The number of rotatable bonds is 15. The number of hydrogen-bond acceptors (Lipinski definition) is 3. The standard InChI is InChI=1S/C22H36O2S/c1-3-4-5-6-7-8-9-10-14-17-22(23)24-20(2)18-19-25-21-15-12-11-13-16-21/h11-13,15-16,20H,3-10,14,17-19H2,1-2H3. The van der Waals surface area contributed by atoms with Gasteiger partial charge in [-0.1, -0.05) is 76.5 Å². The van der Waals surface area contributed by atoms with Crippen LogP contribution in [0.4, 0.5) is 0 Å². The first kappa shape index (κ1) is 22.1. The van der Waals surface area contributed by atoms with E-state index in [1.807, 2.05) is 24.8 Å². The molecule has 0 aliphatic carbocycles. The quantitative estimate of drug-likeness (QED) is 0.190. The highest BCUT2D eigenvalue weighted by Gasteiger charge is 2.09. The summed E-state index contributed by atoms with van der Waals surface area (Å²) in [6.45, 7) is 4.25. The van der Waals surface area contributed by atoms with Crippen LogP contribution in [0.5, 0.6) is 0 Å². The zero-order valence-electron chi connectivity index (χ0n) is 16.2. The first-order valence-electron chi connectivity index (χ1n) is 10.1. The van der Waals surface area contributed by atoms with Crippen molar-refractivity contribution in [2.45, 2.75) is 95.5 Å². The number of esters is 1. The Morgan fingerprint density at radius 3 is 2.20 bits per heavy atom. The summed E-state index contributed by atoms with van der Waals surface area (Å²) in [7, 11) is 0. The molecule has 0 N–H and O–H groups in total. The molecule has 142 valence electrons. The van der Waals surface area contributed by atoms with Gasteiger partial charge in [0.2, 0.25) is 0 Å². The summed E-state index contributed by atoms with van der Waals surface area (Å²) < 4.78 is 5.51. The molecule has 1 atom stereocenters. The Kier molecular flexibility index (Phi) is 13.5. The lowest BCUT2D eigenvalue weighted by molar-refractivity contribution is -0.148. The normalized spacial score (nSPS) is 12.1. The Labute approximate surface area is 159 Å². The van der Waals surface area contributed by atoms with Gasteiger partial charge < -0.3 is 4.74 Å². The lowest BCUT2D eigenvalue weighted by Crippen LogP contribution is -2.15. The average molecular weight is 365 g/mol. The number of carbonyl (C=O) groups is 1. The van der Waals surface area contributed by atoms with Crippen molar-refractivity contribution >= 4 is 17.7 Å². The zero-order chi connectivity index (χ0) is 18.2. The third-order valence-electron chi connectivity index (χ3n) is 4.35. The van der Waals surface area contributed by atoms with Crippen molar-refractivity contribution in [1.82, 2.24) is 0 Å². The molecule has 0 fully saturated rings. The highest BCUT2D eigenvalue weighted by atomic mass is 32.2. The van der Waals surface area contributed by atoms with Gasteiger partial charge in [0.15, 0.2) is 0 Å². The van der Waals surface area contributed by atoms with Gasteiger partial charge in [0.05, 0.1) is 6.10 Å². The second-order valence-corrected chi connectivity index (χ2v) is 8.00. The summed E-state index contributed by atoms with van der Waals surface area (Å²) in [5.41, 5.74) is 0. The molecule has 1 rings (SSSR count). The van der Waals surface area contributed by atoms with E-state index < -0.39 is 0 Å². The molecule has 0 saturated carbocycles. The fraction of sp³-hybridized carbons (Fsp3) is 0.682. The van der Waals surface area contributed by atoms with E-state index in [1.54, 1.807) is 0 Å². The van der Waals surface area contributed by atoms with Gasteiger partial charge in [-0.2, -0.15) is 0 Å². The van der Waals surface area contributed by atoms with Crippen LogP contribution >= 0.6 is 11.8 Å². The highest BCUT2D eigenvalue weighted by molar-refractivity contribution is 7.99. The molecule has 0 aromatic heterocycles. The third-order valence-corrected chi connectivity index (χ3v) is 5.40. The molecule has 0 bridgehead atoms. The van der Waals surface area contributed by atoms with E-state index >= 15 is 0 Å². The van der Waals surface area contributed by atoms with Gasteiger partial charge >= 0.3 is 5.97 Å². The Morgan fingerprint density at radius 1 is 0.960 bits per heavy atom. The third kappa shape index (κ3) is 13.0. The van der Waals surface area contributed by atoms with Crippen molar-refractivity contribution in [2.24, 2.45) is 0 Å². The number of thioether (sulfide) groups is 1. The molecular formula is C22H36O2S. The zero-order valence-corrected chi connectivity index (χ0v) is 17.0. The van der Waals surface area contributed by atoms with Crippen LogP contribution in [-0.2, 0) is 9.53 Å². The van der Waals surface area contributed by atoms with E-state index in [1.165, 1.54) is 49.8 Å². The molecular weight excluding hydrogens is 328 g/mol. The van der Waals surface area contributed by atoms with Crippen LogP contribution in [0, 0.1) is 0 Å². The summed E-state index contributed by atoms with van der Waals surface area (Å²) in [5, 5.41) is 0. The lowest BCUT2D eigenvalue weighted by atomic mass is 10.1. The van der Waals surface area contributed by atoms with E-state index in [4.69, 9.17) is 4.74 Å². The summed E-state index contributed by atoms with van der Waals surface area (Å²) in [6.07, 6.45) is 13.0. The molecule has 25 heavy (non-hydrogen) atoms. The predicted octanol–water partition coefficient (Wildman–Crippen LogP) is 7.02. The number of benzene rings is 1. The number of ether oxygens (including phenoxy) is 1. The van der Waals surface area contributed by atoms with E-state index in [-0.39, 0.29) is 12.1 Å². The van der Waals surface area contributed by atoms with Crippen molar-refractivity contribution in [3.05, 3.63) is 30.3 Å². The highest BCUT2D eigenvalue weighted by Crippen LogP contribution is 2.19. The molecule has 0 aliphatic rings. The van der Waals surface area contributed by atoms with Gasteiger partial charge in [0.25, 0.3) is 0 Å². The summed E-state index contributed by atoms with van der Waals surface area (Å²) in [6, 6.07) is 10.4. The minimum Gasteiger partial charge on any atom is -0.463 e. The van der Waals surface area contributed by atoms with Gasteiger partial charge in [-0.15, -0.1) is 11.8 Å². The summed E-state index contributed by atoms with van der Waals surface area (Å²) >= 11 is 1.82. The van der Waals surface area contributed by atoms with Crippen molar-refractivity contribution in [3.8, 4) is 0 Å². The van der Waals surface area contributed by atoms with Crippen LogP contribution < -0.4 is 0 Å². The SMILES string of the molecule is CCCCCCCCCCCC(=O)OC(C)CCSc1ccccc1. The van der Waals surface area contributed by atoms with Gasteiger partial charge in [0, 0.05) is 17.1 Å². The van der Waals surface area contributed by atoms with Crippen molar-refractivity contribution in [2.75, 3.05) is 5.75 Å². The second kappa shape index (κ2) is 15.3. The fourth-order valence-electron chi connectivity index (χ4n) is 2.78. The predicted molar refractivity (Wildman–Crippen MR) is 109 cm³/mol. The first-order valence-corrected chi connectivity index (χ1v) is 11.1. The Balaban J connectivity index is 1.93. The van der Waals surface area contributed by atoms with Crippen LogP contribution in [0.1, 0.15) is 84.5 Å². The second-order valence-electron chi connectivity index (χ2n) is 6.83. The molecule has 0 amide bonds. The Bertz CT molecular complexity index is 433. The van der Waals surface area contributed by atoms with Crippen molar-refractivity contribution in [1.29, 1.82) is 0 Å². The molecule has 1 unspecified atom stereocenters. The van der Waals surface area contributed by atoms with E-state index in [0.717, 1.165) is 25.0 Å². The molecule has 3 heteroatoms. The molecule has 0 radical (unpaired) electrons. The summed E-state index contributed by atoms with van der Waals surface area (Å²) in [5.74, 6) is 0.955.